The second-order valence-electron chi connectivity index (χ2n) is 6.79. The molecule has 0 bridgehead atoms. The molecule has 0 atom stereocenters. The number of nitrogens with zero attached hydrogens (tertiary/aromatic N) is 1. The normalized spacial score (nSPS) is 11.4. The monoisotopic (exact) mass is 433 g/mol. The van der Waals surface area contributed by atoms with Crippen molar-refractivity contribution in [3.63, 3.8) is 0 Å². The molecule has 30 heavy (non-hydrogen) atoms. The van der Waals surface area contributed by atoms with Crippen LogP contribution in [0, 0.1) is 6.92 Å². The number of alkyl halides is 3. The number of aromatic nitrogens is 1. The van der Waals surface area contributed by atoms with E-state index in [1.165, 1.54) is 24.3 Å². The summed E-state index contributed by atoms with van der Waals surface area (Å²) >= 11 is 6.01. The van der Waals surface area contributed by atoms with Gasteiger partial charge in [0.25, 0.3) is 5.91 Å². The van der Waals surface area contributed by atoms with Crippen LogP contribution in [-0.4, -0.2) is 10.9 Å². The van der Waals surface area contributed by atoms with Crippen LogP contribution in [0.15, 0.2) is 54.7 Å². The molecule has 0 unspecified atom stereocenters. The van der Waals surface area contributed by atoms with Gasteiger partial charge in [-0.15, -0.1) is 0 Å². The van der Waals surface area contributed by atoms with Gasteiger partial charge in [0, 0.05) is 35.4 Å². The highest BCUT2D eigenvalue weighted by molar-refractivity contribution is 6.31. The predicted molar refractivity (Wildman–Crippen MR) is 110 cm³/mol. The Labute approximate surface area is 176 Å². The molecule has 0 radical (unpaired) electrons. The number of nitrogens with two attached hydrogens (primary N) is 1. The number of amides is 1. The fourth-order valence-corrected chi connectivity index (χ4v) is 3.18. The van der Waals surface area contributed by atoms with E-state index < -0.39 is 17.8 Å². The van der Waals surface area contributed by atoms with Gasteiger partial charge in [-0.1, -0.05) is 29.8 Å². The second kappa shape index (κ2) is 8.85. The third-order valence-corrected chi connectivity index (χ3v) is 4.98. The number of carbonyl (C=O) groups excluding carboxylic acids is 1. The Balaban J connectivity index is 1.91. The first-order chi connectivity index (χ1) is 14.2. The van der Waals surface area contributed by atoms with Crippen molar-refractivity contribution in [2.24, 2.45) is 5.73 Å². The summed E-state index contributed by atoms with van der Waals surface area (Å²) in [6.45, 7) is 2.18. The zero-order valence-corrected chi connectivity index (χ0v) is 16.8. The number of benzene rings is 2. The van der Waals surface area contributed by atoms with Crippen LogP contribution in [0.1, 0.15) is 32.7 Å². The van der Waals surface area contributed by atoms with Crippen LogP contribution in [-0.2, 0) is 19.3 Å². The summed E-state index contributed by atoms with van der Waals surface area (Å²) in [5, 5.41) is 3.40. The second-order valence-corrected chi connectivity index (χ2v) is 7.19. The van der Waals surface area contributed by atoms with Crippen molar-refractivity contribution in [1.29, 1.82) is 0 Å². The highest BCUT2D eigenvalue weighted by Crippen LogP contribution is 2.36. The summed E-state index contributed by atoms with van der Waals surface area (Å²) in [5.74, 6) is -0.420. The van der Waals surface area contributed by atoms with Gasteiger partial charge in [0.05, 0.1) is 0 Å². The number of nitrogens with one attached hydrogen (secondary N) is 1. The van der Waals surface area contributed by atoms with Crippen LogP contribution >= 0.6 is 11.6 Å². The molecule has 0 saturated carbocycles. The summed E-state index contributed by atoms with van der Waals surface area (Å²) in [7, 11) is 0. The molecule has 3 rings (SSSR count). The lowest BCUT2D eigenvalue weighted by atomic mass is 9.98. The fraction of sp³-hybridized carbons (Fsp3) is 0.182. The van der Waals surface area contributed by atoms with Crippen LogP contribution in [0.5, 0.6) is 0 Å². The Hall–Kier alpha value is -2.90. The zero-order chi connectivity index (χ0) is 21.9. The molecule has 0 aliphatic carbocycles. The van der Waals surface area contributed by atoms with Crippen molar-refractivity contribution in [1.82, 2.24) is 10.3 Å². The van der Waals surface area contributed by atoms with Gasteiger partial charge in [-0.25, -0.2) is 0 Å². The summed E-state index contributed by atoms with van der Waals surface area (Å²) in [5.41, 5.74) is 7.30. The third-order valence-electron chi connectivity index (χ3n) is 4.55. The number of hydrogen-bond donors (Lipinski definition) is 2. The highest BCUT2D eigenvalue weighted by atomic mass is 35.5. The van der Waals surface area contributed by atoms with Crippen LogP contribution < -0.4 is 11.1 Å². The molecule has 0 aliphatic heterocycles. The molecule has 3 N–H and O–H groups in total. The molecule has 1 amide bonds. The molecule has 1 heterocycles. The maximum absolute atomic E-state index is 13.4. The number of carbonyl (C=O) groups is 1. The number of rotatable bonds is 5. The van der Waals surface area contributed by atoms with Gasteiger partial charge in [-0.05, 0) is 59.5 Å². The minimum Gasteiger partial charge on any atom is -0.348 e. The first-order valence-electron chi connectivity index (χ1n) is 9.09. The van der Waals surface area contributed by atoms with Gasteiger partial charge in [0.1, 0.15) is 0 Å². The van der Waals surface area contributed by atoms with E-state index in [-0.39, 0.29) is 29.8 Å². The van der Waals surface area contributed by atoms with E-state index >= 15 is 0 Å². The Morgan fingerprint density at radius 2 is 1.90 bits per heavy atom. The van der Waals surface area contributed by atoms with E-state index in [0.29, 0.717) is 10.6 Å². The largest absolute Gasteiger partial charge is 0.433 e. The lowest BCUT2D eigenvalue weighted by Crippen LogP contribution is -2.23. The van der Waals surface area contributed by atoms with E-state index in [1.807, 2.05) is 13.0 Å². The van der Waals surface area contributed by atoms with E-state index in [1.54, 1.807) is 18.2 Å². The molecule has 0 aliphatic rings. The van der Waals surface area contributed by atoms with Gasteiger partial charge in [-0.2, -0.15) is 13.2 Å². The highest BCUT2D eigenvalue weighted by Gasteiger charge is 2.35. The molecule has 8 heteroatoms. The molecule has 156 valence electrons. The number of pyridine rings is 1. The van der Waals surface area contributed by atoms with Gasteiger partial charge in [0.2, 0.25) is 0 Å². The van der Waals surface area contributed by atoms with Crippen molar-refractivity contribution in [3.8, 4) is 11.1 Å². The Kier molecular flexibility index (Phi) is 6.43. The number of hydrogen-bond acceptors (Lipinski definition) is 3. The van der Waals surface area contributed by atoms with Gasteiger partial charge < -0.3 is 11.1 Å². The summed E-state index contributed by atoms with van der Waals surface area (Å²) in [6.07, 6.45) is -3.54. The van der Waals surface area contributed by atoms with Gasteiger partial charge in [-0.3, -0.25) is 9.78 Å². The quantitative estimate of drug-likeness (QED) is 0.587. The number of halogens is 4. The van der Waals surface area contributed by atoms with E-state index in [4.69, 9.17) is 17.3 Å². The van der Waals surface area contributed by atoms with Crippen LogP contribution in [0.4, 0.5) is 13.2 Å². The van der Waals surface area contributed by atoms with Crippen molar-refractivity contribution in [2.45, 2.75) is 26.2 Å². The molecule has 0 spiro atoms. The van der Waals surface area contributed by atoms with Crippen LogP contribution in [0.2, 0.25) is 5.02 Å². The van der Waals surface area contributed by atoms with Crippen molar-refractivity contribution >= 4 is 17.5 Å². The lowest BCUT2D eigenvalue weighted by molar-refractivity contribution is -0.140. The minimum atomic E-state index is -4.62. The zero-order valence-electron chi connectivity index (χ0n) is 16.1. The first-order valence-corrected chi connectivity index (χ1v) is 9.46. The summed E-state index contributed by atoms with van der Waals surface area (Å²) in [6, 6.07) is 12.6. The average molecular weight is 434 g/mol. The Morgan fingerprint density at radius 3 is 2.57 bits per heavy atom. The van der Waals surface area contributed by atoms with Gasteiger partial charge in [0.15, 0.2) is 5.69 Å². The topological polar surface area (TPSA) is 68.0 Å². The van der Waals surface area contributed by atoms with Crippen molar-refractivity contribution < 1.29 is 18.0 Å². The van der Waals surface area contributed by atoms with E-state index in [9.17, 15) is 18.0 Å². The molecular weight excluding hydrogens is 415 g/mol. The Morgan fingerprint density at radius 1 is 1.13 bits per heavy atom. The minimum absolute atomic E-state index is 0.0755. The fourth-order valence-electron chi connectivity index (χ4n) is 3.06. The summed E-state index contributed by atoms with van der Waals surface area (Å²) in [4.78, 5) is 16.2. The molecule has 2 aromatic carbocycles. The third kappa shape index (κ3) is 4.98. The molecular formula is C22H19ClF3N3O. The molecule has 0 saturated heterocycles. The van der Waals surface area contributed by atoms with Crippen LogP contribution in [0.3, 0.4) is 0 Å². The summed E-state index contributed by atoms with van der Waals surface area (Å²) < 4.78 is 40.1. The maximum atomic E-state index is 13.4. The lowest BCUT2D eigenvalue weighted by Gasteiger charge is -2.14. The predicted octanol–water partition coefficient (Wildman–Crippen LogP) is 5.12. The number of aryl methyl sites for hydroxylation is 1. The first kappa shape index (κ1) is 21.8. The molecule has 0 fully saturated rings. The standard InChI is InChI=1S/C22H19ClF3N3O/c1-13-7-14(4-5-19(13)23)12-29-21(30)17-9-15(11-27)8-16(10-17)18-3-2-6-28-20(18)22(24,25)26/h2-10H,11-12,27H2,1H3,(H,29,30). The van der Waals surface area contributed by atoms with Crippen LogP contribution in [0.25, 0.3) is 11.1 Å². The SMILES string of the molecule is Cc1cc(CNC(=O)c2cc(CN)cc(-c3cccnc3C(F)(F)F)c2)ccc1Cl. The average Bonchev–Trinajstić information content (AvgIpc) is 2.73. The van der Waals surface area contributed by atoms with Crippen molar-refractivity contribution in [2.75, 3.05) is 0 Å². The Bertz CT molecular complexity index is 1080. The molecule has 4 nitrogen and oxygen atoms in total. The van der Waals surface area contributed by atoms with Crippen molar-refractivity contribution in [3.05, 3.63) is 87.7 Å². The van der Waals surface area contributed by atoms with E-state index in [2.05, 4.69) is 10.3 Å². The van der Waals surface area contributed by atoms with Gasteiger partial charge >= 0.3 is 6.18 Å². The molecule has 3 aromatic rings. The van der Waals surface area contributed by atoms with E-state index in [0.717, 1.165) is 17.3 Å². The molecule has 1 aromatic heterocycles. The maximum Gasteiger partial charge on any atom is 0.433 e. The smallest absolute Gasteiger partial charge is 0.348 e.